The third kappa shape index (κ3) is 7.73. The van der Waals surface area contributed by atoms with Gasteiger partial charge in [0.2, 0.25) is 0 Å². The summed E-state index contributed by atoms with van der Waals surface area (Å²) in [4.78, 5) is 2.67. The van der Waals surface area contributed by atoms with Gasteiger partial charge >= 0.3 is 0 Å². The van der Waals surface area contributed by atoms with E-state index in [9.17, 15) is 4.39 Å². The molecule has 2 aliphatic heterocycles. The molecular formula is C25H44FNO3. The number of methoxy groups -OCH3 is 1. The summed E-state index contributed by atoms with van der Waals surface area (Å²) in [5, 5.41) is 7.00. The Balaban J connectivity index is 0.000000826. The van der Waals surface area contributed by atoms with E-state index in [0.717, 1.165) is 43.4 Å². The smallest absolute Gasteiger partial charge is 0.161 e. The van der Waals surface area contributed by atoms with E-state index in [1.165, 1.54) is 43.4 Å². The van der Waals surface area contributed by atoms with Gasteiger partial charge in [-0.3, -0.25) is 9.29 Å². The van der Waals surface area contributed by atoms with Crippen LogP contribution in [0.5, 0.6) is 11.5 Å². The monoisotopic (exact) mass is 425 g/mol. The van der Waals surface area contributed by atoms with E-state index in [1.807, 2.05) is 0 Å². The average Bonchev–Trinajstić information content (AvgIpc) is 2.74. The topological polar surface area (TPSA) is 41.9 Å². The van der Waals surface area contributed by atoms with Gasteiger partial charge in [0.25, 0.3) is 0 Å². The van der Waals surface area contributed by atoms with Gasteiger partial charge in [-0.2, -0.15) is 0 Å². The highest BCUT2D eigenvalue weighted by Crippen LogP contribution is 2.43. The first kappa shape index (κ1) is 26.7. The largest absolute Gasteiger partial charge is 0.493 e. The molecule has 0 spiro atoms. The number of alkyl halides is 1. The number of halogens is 1. The molecule has 0 saturated carbocycles. The molecule has 2 aliphatic rings. The molecule has 1 aromatic carbocycles. The second-order valence-electron chi connectivity index (χ2n) is 8.63. The van der Waals surface area contributed by atoms with Crippen molar-refractivity contribution in [2.45, 2.75) is 72.3 Å². The first-order valence-corrected chi connectivity index (χ1v) is 11.6. The number of benzene rings is 1. The summed E-state index contributed by atoms with van der Waals surface area (Å²) in [5.74, 6) is 3.16. The minimum absolute atomic E-state index is 0.345. The van der Waals surface area contributed by atoms with Crippen molar-refractivity contribution in [3.63, 3.8) is 0 Å². The Labute approximate surface area is 183 Å². The Morgan fingerprint density at radius 3 is 2.47 bits per heavy atom. The van der Waals surface area contributed by atoms with E-state index in [4.69, 9.17) is 14.6 Å². The van der Waals surface area contributed by atoms with Gasteiger partial charge in [0.05, 0.1) is 20.4 Å². The van der Waals surface area contributed by atoms with Crippen LogP contribution in [0.4, 0.5) is 4.39 Å². The van der Waals surface area contributed by atoms with E-state index < -0.39 is 0 Å². The molecular weight excluding hydrogens is 381 g/mol. The van der Waals surface area contributed by atoms with E-state index >= 15 is 0 Å². The van der Waals surface area contributed by atoms with Gasteiger partial charge < -0.3 is 14.6 Å². The third-order valence-corrected chi connectivity index (χ3v) is 5.57. The Kier molecular flexibility index (Phi) is 13.0. The van der Waals surface area contributed by atoms with Crippen LogP contribution >= 0.6 is 0 Å². The fourth-order valence-corrected chi connectivity index (χ4v) is 4.50. The second kappa shape index (κ2) is 14.6. The zero-order valence-corrected chi connectivity index (χ0v) is 20.0. The molecule has 0 aromatic heterocycles. The van der Waals surface area contributed by atoms with Crippen molar-refractivity contribution in [1.29, 1.82) is 0 Å². The van der Waals surface area contributed by atoms with Crippen LogP contribution in [0.2, 0.25) is 0 Å². The van der Waals surface area contributed by atoms with Crippen molar-refractivity contribution in [1.82, 2.24) is 4.90 Å². The highest BCUT2D eigenvalue weighted by atomic mass is 19.1. The maximum Gasteiger partial charge on any atom is 0.161 e. The van der Waals surface area contributed by atoms with Gasteiger partial charge in [-0.05, 0) is 60.8 Å². The summed E-state index contributed by atoms with van der Waals surface area (Å²) in [7, 11) is 2.68. The van der Waals surface area contributed by atoms with E-state index in [-0.39, 0.29) is 6.67 Å². The third-order valence-electron chi connectivity index (χ3n) is 5.57. The first-order valence-electron chi connectivity index (χ1n) is 11.6. The summed E-state index contributed by atoms with van der Waals surface area (Å²) >= 11 is 0. The highest BCUT2D eigenvalue weighted by Gasteiger charge is 2.34. The van der Waals surface area contributed by atoms with Crippen LogP contribution in [0.3, 0.4) is 0 Å². The minimum Gasteiger partial charge on any atom is -0.493 e. The number of aliphatic hydroxyl groups is 1. The van der Waals surface area contributed by atoms with Crippen molar-refractivity contribution < 1.29 is 19.0 Å². The quantitative estimate of drug-likeness (QED) is 0.560. The Morgan fingerprint density at radius 1 is 1.17 bits per heavy atom. The van der Waals surface area contributed by atoms with Crippen LogP contribution in [0.25, 0.3) is 0 Å². The number of rotatable bonds is 7. The molecule has 174 valence electrons. The molecule has 1 aromatic rings. The lowest BCUT2D eigenvalue weighted by Crippen LogP contribution is -2.42. The predicted molar refractivity (Wildman–Crippen MR) is 123 cm³/mol. The molecule has 3 rings (SSSR count). The zero-order chi connectivity index (χ0) is 22.5. The van der Waals surface area contributed by atoms with Crippen molar-refractivity contribution in [2.24, 2.45) is 11.8 Å². The molecule has 2 heterocycles. The lowest BCUT2D eigenvalue weighted by molar-refractivity contribution is 0.0893. The lowest BCUT2D eigenvalue weighted by atomic mass is 9.81. The standard InChI is InChI=1S/C21H32FNO2.C3H8.CH4O/c1-15(2)11-16-5-6-19-18-13-20(24-3)21(25-10-4-8-22)12-17(18)7-9-23(19)14-16;1-3-2;1-2/h12-13,15-16,19H,4-11,14H2,1-3H3;3H2,1-2H3;2H,1H3. The van der Waals surface area contributed by atoms with Gasteiger partial charge in [0, 0.05) is 32.7 Å². The molecule has 0 aliphatic carbocycles. The van der Waals surface area contributed by atoms with Crippen molar-refractivity contribution in [3.05, 3.63) is 23.3 Å². The number of piperidine rings is 1. The highest BCUT2D eigenvalue weighted by molar-refractivity contribution is 5.49. The van der Waals surface area contributed by atoms with Gasteiger partial charge in [0.15, 0.2) is 11.5 Å². The zero-order valence-electron chi connectivity index (χ0n) is 20.0. The van der Waals surface area contributed by atoms with Gasteiger partial charge in [-0.25, -0.2) is 0 Å². The molecule has 5 heteroatoms. The summed E-state index contributed by atoms with van der Waals surface area (Å²) in [6.07, 6.45) is 6.61. The molecule has 30 heavy (non-hydrogen) atoms. The van der Waals surface area contributed by atoms with Crippen LogP contribution < -0.4 is 9.47 Å². The van der Waals surface area contributed by atoms with Crippen LogP contribution in [-0.2, 0) is 6.42 Å². The van der Waals surface area contributed by atoms with Crippen molar-refractivity contribution in [3.8, 4) is 11.5 Å². The first-order chi connectivity index (χ1) is 14.5. The number of hydrogen-bond acceptors (Lipinski definition) is 4. The number of fused-ring (bicyclic) bond motifs is 3. The molecule has 2 unspecified atom stereocenters. The number of hydrogen-bond donors (Lipinski definition) is 1. The van der Waals surface area contributed by atoms with Gasteiger partial charge in [-0.1, -0.05) is 34.1 Å². The van der Waals surface area contributed by atoms with E-state index in [1.54, 1.807) is 7.11 Å². The summed E-state index contributed by atoms with van der Waals surface area (Å²) < 4.78 is 23.6. The Morgan fingerprint density at radius 2 is 1.87 bits per heavy atom. The maximum absolute atomic E-state index is 12.3. The van der Waals surface area contributed by atoms with Gasteiger partial charge in [-0.15, -0.1) is 0 Å². The number of nitrogens with zero attached hydrogens (tertiary/aromatic N) is 1. The van der Waals surface area contributed by atoms with Gasteiger partial charge in [0.1, 0.15) is 0 Å². The molecule has 4 nitrogen and oxygen atoms in total. The molecule has 1 fully saturated rings. The molecule has 1 saturated heterocycles. The summed E-state index contributed by atoms with van der Waals surface area (Å²) in [5.41, 5.74) is 2.78. The number of ether oxygens (including phenoxy) is 2. The van der Waals surface area contributed by atoms with Crippen molar-refractivity contribution in [2.75, 3.05) is 40.6 Å². The fraction of sp³-hybridized carbons (Fsp3) is 0.760. The fourth-order valence-electron chi connectivity index (χ4n) is 4.50. The van der Waals surface area contributed by atoms with E-state index in [0.29, 0.717) is 19.1 Å². The van der Waals surface area contributed by atoms with E-state index in [2.05, 4.69) is 44.7 Å². The summed E-state index contributed by atoms with van der Waals surface area (Å²) in [6.45, 7) is 11.3. The maximum atomic E-state index is 12.3. The summed E-state index contributed by atoms with van der Waals surface area (Å²) in [6, 6.07) is 4.81. The molecule has 0 amide bonds. The van der Waals surface area contributed by atoms with Crippen LogP contribution in [-0.4, -0.2) is 50.6 Å². The average molecular weight is 426 g/mol. The van der Waals surface area contributed by atoms with Crippen LogP contribution in [0, 0.1) is 11.8 Å². The second-order valence-corrected chi connectivity index (χ2v) is 8.63. The lowest BCUT2D eigenvalue weighted by Gasteiger charge is -2.44. The predicted octanol–water partition coefficient (Wildman–Crippen LogP) is 5.81. The van der Waals surface area contributed by atoms with Crippen molar-refractivity contribution >= 4 is 0 Å². The molecule has 2 atom stereocenters. The minimum atomic E-state index is -0.345. The van der Waals surface area contributed by atoms with Crippen LogP contribution in [0.15, 0.2) is 12.1 Å². The number of aliphatic hydroxyl groups excluding tert-OH is 1. The normalized spacial score (nSPS) is 20.2. The molecule has 1 N–H and O–H groups in total. The van der Waals surface area contributed by atoms with Crippen LogP contribution in [0.1, 0.15) is 77.0 Å². The Hall–Kier alpha value is -1.33. The molecule has 0 bridgehead atoms. The SMILES string of the molecule is CCC.CO.COc1cc2c(cc1OCCCF)CCN1CC(CC(C)C)CCC21. The molecule has 0 radical (unpaired) electrons. The Bertz CT molecular complexity index is 594.